The van der Waals surface area contributed by atoms with E-state index < -0.39 is 23.4 Å². The zero-order chi connectivity index (χ0) is 24.8. The van der Waals surface area contributed by atoms with E-state index in [1.54, 1.807) is 0 Å². The van der Waals surface area contributed by atoms with Gasteiger partial charge in [-0.1, -0.05) is 90.7 Å². The maximum absolute atomic E-state index is 13.0. The minimum atomic E-state index is -1.49. The number of benzene rings is 3. The van der Waals surface area contributed by atoms with Crippen LogP contribution in [0.5, 0.6) is 0 Å². The quantitative estimate of drug-likeness (QED) is 0.506. The fraction of sp³-hybridized carbons (Fsp3) is 0.323. The van der Waals surface area contributed by atoms with Gasteiger partial charge in [0.25, 0.3) is 5.91 Å². The first-order valence-corrected chi connectivity index (χ1v) is 12.5. The van der Waals surface area contributed by atoms with E-state index in [1.807, 2.05) is 66.7 Å². The summed E-state index contributed by atoms with van der Waals surface area (Å²) in [4.78, 5) is 13.0. The lowest BCUT2D eigenvalue weighted by molar-refractivity contribution is -0.220. The lowest BCUT2D eigenvalue weighted by Crippen LogP contribution is -2.57. The molecular formula is C31H31NO4. The molecule has 5 nitrogen and oxygen atoms in total. The molecule has 0 radical (unpaired) electrons. The number of carbonyl (C=O) groups excluding carboxylic acids is 1. The summed E-state index contributed by atoms with van der Waals surface area (Å²) >= 11 is 0. The molecule has 1 spiro atoms. The molecule has 1 saturated heterocycles. The highest BCUT2D eigenvalue weighted by atomic mass is 16.8. The monoisotopic (exact) mass is 481 g/mol. The number of hydrogen-bond acceptors (Lipinski definition) is 4. The van der Waals surface area contributed by atoms with Crippen molar-refractivity contribution in [3.8, 4) is 11.8 Å². The summed E-state index contributed by atoms with van der Waals surface area (Å²) in [6, 6.07) is 29.9. The largest absolute Gasteiger partial charge is 0.367 e. The summed E-state index contributed by atoms with van der Waals surface area (Å²) in [5.74, 6) is 5.25. The normalized spacial score (nSPS) is 26.2. The first-order chi connectivity index (χ1) is 17.6. The molecule has 0 bridgehead atoms. The molecule has 1 aliphatic carbocycles. The Morgan fingerprint density at radius 3 is 2.19 bits per heavy atom. The Kier molecular flexibility index (Phi) is 7.20. The third kappa shape index (κ3) is 5.22. The van der Waals surface area contributed by atoms with E-state index in [2.05, 4.69) is 36.1 Å². The first kappa shape index (κ1) is 24.3. The Morgan fingerprint density at radius 2 is 1.56 bits per heavy atom. The molecular weight excluding hydrogens is 450 g/mol. The smallest absolute Gasteiger partial charge is 0.256 e. The average Bonchev–Trinajstić information content (AvgIpc) is 3.31. The Morgan fingerprint density at radius 1 is 0.944 bits per heavy atom. The van der Waals surface area contributed by atoms with E-state index >= 15 is 0 Å². The molecule has 1 saturated carbocycles. The first-order valence-electron chi connectivity index (χ1n) is 12.5. The molecule has 2 N–H and O–H groups in total. The topological polar surface area (TPSA) is 70.8 Å². The van der Waals surface area contributed by atoms with E-state index in [9.17, 15) is 4.79 Å². The number of rotatable bonds is 6. The Bertz CT molecular complexity index is 1210. The Balaban J connectivity index is 1.38. The van der Waals surface area contributed by atoms with Crippen molar-refractivity contribution in [2.24, 2.45) is 5.73 Å². The highest BCUT2D eigenvalue weighted by molar-refractivity contribution is 5.85. The minimum Gasteiger partial charge on any atom is -0.367 e. The zero-order valence-electron chi connectivity index (χ0n) is 20.3. The van der Waals surface area contributed by atoms with Crippen LogP contribution in [0.1, 0.15) is 48.3 Å². The maximum atomic E-state index is 13.0. The predicted octanol–water partition coefficient (Wildman–Crippen LogP) is 4.95. The van der Waals surface area contributed by atoms with Gasteiger partial charge in [-0.2, -0.15) is 0 Å². The van der Waals surface area contributed by atoms with Gasteiger partial charge in [-0.05, 0) is 42.0 Å². The second-order valence-corrected chi connectivity index (χ2v) is 9.55. The van der Waals surface area contributed by atoms with Gasteiger partial charge in [0.15, 0.2) is 11.9 Å². The van der Waals surface area contributed by atoms with Crippen LogP contribution in [0.25, 0.3) is 0 Å². The van der Waals surface area contributed by atoms with Crippen LogP contribution in [-0.4, -0.2) is 30.0 Å². The Labute approximate surface area is 212 Å². The van der Waals surface area contributed by atoms with Gasteiger partial charge in [0.2, 0.25) is 5.60 Å². The fourth-order valence-electron chi connectivity index (χ4n) is 5.09. The van der Waals surface area contributed by atoms with Crippen LogP contribution in [-0.2, 0) is 25.6 Å². The van der Waals surface area contributed by atoms with Crippen molar-refractivity contribution in [3.63, 3.8) is 0 Å². The number of primary amides is 1. The summed E-state index contributed by atoms with van der Waals surface area (Å²) in [7, 11) is 0. The summed E-state index contributed by atoms with van der Waals surface area (Å²) in [6.07, 6.45) is 2.29. The fourth-order valence-corrected chi connectivity index (χ4v) is 5.09. The van der Waals surface area contributed by atoms with Crippen molar-refractivity contribution >= 4 is 5.91 Å². The van der Waals surface area contributed by atoms with E-state index in [0.29, 0.717) is 18.8 Å². The van der Waals surface area contributed by atoms with E-state index in [0.717, 1.165) is 24.0 Å². The van der Waals surface area contributed by atoms with Crippen LogP contribution >= 0.6 is 0 Å². The molecule has 36 heavy (non-hydrogen) atoms. The van der Waals surface area contributed by atoms with Gasteiger partial charge < -0.3 is 19.9 Å². The van der Waals surface area contributed by atoms with Crippen molar-refractivity contribution in [2.75, 3.05) is 6.61 Å². The number of ether oxygens (including phenoxy) is 3. The van der Waals surface area contributed by atoms with E-state index in [-0.39, 0.29) is 13.2 Å². The molecule has 2 atom stereocenters. The number of carbonyl (C=O) groups is 1. The third-order valence-electron chi connectivity index (χ3n) is 7.16. The average molecular weight is 482 g/mol. The van der Waals surface area contributed by atoms with Gasteiger partial charge >= 0.3 is 0 Å². The summed E-state index contributed by atoms with van der Waals surface area (Å²) in [6.45, 7) is 0.289. The minimum absolute atomic E-state index is 0.0151. The highest BCUT2D eigenvalue weighted by Crippen LogP contribution is 2.47. The van der Waals surface area contributed by atoms with Gasteiger partial charge in [0.1, 0.15) is 0 Å². The van der Waals surface area contributed by atoms with Crippen molar-refractivity contribution < 1.29 is 19.0 Å². The van der Waals surface area contributed by atoms with E-state index in [1.165, 1.54) is 5.56 Å². The second-order valence-electron chi connectivity index (χ2n) is 9.55. The molecule has 3 aromatic carbocycles. The predicted molar refractivity (Wildman–Crippen MR) is 138 cm³/mol. The number of amides is 1. The molecule has 3 aromatic rings. The van der Waals surface area contributed by atoms with Crippen LogP contribution in [0.3, 0.4) is 0 Å². The molecule has 184 valence electrons. The lowest BCUT2D eigenvalue weighted by atomic mass is 9.81. The van der Waals surface area contributed by atoms with Crippen molar-refractivity contribution in [2.45, 2.75) is 55.7 Å². The molecule has 5 rings (SSSR count). The standard InChI is InChI=1S/C31H31NO4/c32-29(33)31(23-35-30(36-31)20-18-27(19-21-30)26-14-8-3-9-15-26)28(17-16-24-10-4-1-5-11-24)34-22-25-12-6-2-7-13-25/h1-15,27-28H,18-23H2,(H2,32,33). The van der Waals surface area contributed by atoms with Crippen molar-refractivity contribution in [3.05, 3.63) is 108 Å². The summed E-state index contributed by atoms with van der Waals surface area (Å²) in [5.41, 5.74) is 7.62. The highest BCUT2D eigenvalue weighted by Gasteiger charge is 2.59. The Hall–Kier alpha value is -3.43. The second kappa shape index (κ2) is 10.7. The van der Waals surface area contributed by atoms with Crippen LogP contribution in [0.15, 0.2) is 91.0 Å². The zero-order valence-corrected chi connectivity index (χ0v) is 20.3. The lowest BCUT2D eigenvalue weighted by Gasteiger charge is -2.38. The van der Waals surface area contributed by atoms with Crippen LogP contribution < -0.4 is 5.73 Å². The molecule has 2 aliphatic rings. The van der Waals surface area contributed by atoms with E-state index in [4.69, 9.17) is 19.9 Å². The summed E-state index contributed by atoms with van der Waals surface area (Å²) in [5, 5.41) is 0. The van der Waals surface area contributed by atoms with Gasteiger partial charge in [-0.3, -0.25) is 4.79 Å². The van der Waals surface area contributed by atoms with Crippen LogP contribution in [0.4, 0.5) is 0 Å². The molecule has 2 unspecified atom stereocenters. The van der Waals surface area contributed by atoms with Crippen LogP contribution in [0, 0.1) is 11.8 Å². The SMILES string of the molecule is NC(=O)C1(C(C#Cc2ccccc2)OCc2ccccc2)COC2(CCC(c3ccccc3)CC2)O1. The molecule has 5 heteroatoms. The maximum Gasteiger partial charge on any atom is 0.256 e. The molecule has 0 aromatic heterocycles. The summed E-state index contributed by atoms with van der Waals surface area (Å²) < 4.78 is 19.0. The van der Waals surface area contributed by atoms with Gasteiger partial charge in [0.05, 0.1) is 13.2 Å². The molecule has 1 heterocycles. The van der Waals surface area contributed by atoms with Gasteiger partial charge in [-0.15, -0.1) is 0 Å². The van der Waals surface area contributed by atoms with Crippen molar-refractivity contribution in [1.82, 2.24) is 0 Å². The van der Waals surface area contributed by atoms with Crippen LogP contribution in [0.2, 0.25) is 0 Å². The van der Waals surface area contributed by atoms with Crippen molar-refractivity contribution in [1.29, 1.82) is 0 Å². The number of hydrogen-bond donors (Lipinski definition) is 1. The number of nitrogens with two attached hydrogens (primary N) is 1. The molecule has 1 amide bonds. The van der Waals surface area contributed by atoms with Gasteiger partial charge in [0, 0.05) is 18.4 Å². The molecule has 1 aliphatic heterocycles. The molecule has 2 fully saturated rings. The third-order valence-corrected chi connectivity index (χ3v) is 7.16. The van der Waals surface area contributed by atoms with Gasteiger partial charge in [-0.25, -0.2) is 0 Å².